The Kier molecular flexibility index (Phi) is 5.90. The van der Waals surface area contributed by atoms with Crippen molar-refractivity contribution < 1.29 is 19.4 Å². The molecule has 1 aliphatic heterocycles. The van der Waals surface area contributed by atoms with Crippen LogP contribution < -0.4 is 5.32 Å². The molecule has 1 amide bonds. The first-order valence-corrected chi connectivity index (χ1v) is 7.56. The number of amides is 1. The molecule has 1 atom stereocenters. The van der Waals surface area contributed by atoms with Crippen LogP contribution in [-0.2, 0) is 14.3 Å². The smallest absolute Gasteiger partial charge is 0.295 e. The summed E-state index contributed by atoms with van der Waals surface area (Å²) in [4.78, 5) is 26.4. The molecule has 0 bridgehead atoms. The van der Waals surface area contributed by atoms with Crippen LogP contribution in [0.4, 0.5) is 0 Å². The summed E-state index contributed by atoms with van der Waals surface area (Å²) in [7, 11) is 1.56. The molecule has 0 radical (unpaired) electrons. The molecule has 6 nitrogen and oxygen atoms in total. The number of carbonyl (C=O) groups excluding carboxylic acids is 2. The molecule has 124 valence electrons. The molecule has 1 aromatic carbocycles. The number of aliphatic hydroxyl groups excluding tert-OH is 1. The number of hydrogen-bond donors (Lipinski definition) is 2. The second-order valence-corrected chi connectivity index (χ2v) is 5.32. The van der Waals surface area contributed by atoms with Crippen LogP contribution in [-0.4, -0.2) is 55.1 Å². The molecule has 2 rings (SSSR count). The summed E-state index contributed by atoms with van der Waals surface area (Å²) in [6, 6.07) is 9.02. The summed E-state index contributed by atoms with van der Waals surface area (Å²) < 4.78 is 5.06. The van der Waals surface area contributed by atoms with Crippen molar-refractivity contribution in [3.63, 3.8) is 0 Å². The van der Waals surface area contributed by atoms with Crippen molar-refractivity contribution in [1.82, 2.24) is 10.2 Å². The fourth-order valence-corrected chi connectivity index (χ4v) is 2.76. The number of ketones is 1. The fraction of sp³-hybridized carbons (Fsp3) is 0.412. The van der Waals surface area contributed by atoms with Gasteiger partial charge in [0, 0.05) is 25.9 Å². The Morgan fingerprint density at radius 3 is 2.61 bits per heavy atom. The van der Waals surface area contributed by atoms with E-state index in [0.29, 0.717) is 31.0 Å². The van der Waals surface area contributed by atoms with Crippen LogP contribution in [0.2, 0.25) is 0 Å². The van der Waals surface area contributed by atoms with Gasteiger partial charge in [-0.25, -0.2) is 0 Å². The standard InChI is InChI=1S/C17H22N2O4/c1-12(18-8-10-20)14-15(13-6-4-3-5-7-13)19(9-11-23-2)17(22)16(14)21/h3-7,15,18,20H,8-11H2,1-2H3/b14-12-/t15-/m1/s1. The average Bonchev–Trinajstić information content (AvgIpc) is 2.83. The van der Waals surface area contributed by atoms with Gasteiger partial charge >= 0.3 is 0 Å². The second-order valence-electron chi connectivity index (χ2n) is 5.32. The third-order valence-electron chi connectivity index (χ3n) is 3.84. The Morgan fingerprint density at radius 2 is 2.00 bits per heavy atom. The summed E-state index contributed by atoms with van der Waals surface area (Å²) in [6.07, 6.45) is 0. The molecular weight excluding hydrogens is 296 g/mol. The van der Waals surface area contributed by atoms with Gasteiger partial charge in [-0.3, -0.25) is 9.59 Å². The molecule has 1 aromatic rings. The van der Waals surface area contributed by atoms with Crippen molar-refractivity contribution in [1.29, 1.82) is 0 Å². The second kappa shape index (κ2) is 7.89. The third kappa shape index (κ3) is 3.60. The maximum atomic E-state index is 12.5. The zero-order valence-electron chi connectivity index (χ0n) is 13.4. The quantitative estimate of drug-likeness (QED) is 0.570. The maximum absolute atomic E-state index is 12.5. The first-order chi connectivity index (χ1) is 11.1. The highest BCUT2D eigenvalue weighted by atomic mass is 16.5. The molecule has 0 unspecified atom stereocenters. The third-order valence-corrected chi connectivity index (χ3v) is 3.84. The van der Waals surface area contributed by atoms with Gasteiger partial charge in [-0.1, -0.05) is 30.3 Å². The lowest BCUT2D eigenvalue weighted by Gasteiger charge is -2.25. The first kappa shape index (κ1) is 17.2. The van der Waals surface area contributed by atoms with E-state index in [-0.39, 0.29) is 6.61 Å². The van der Waals surface area contributed by atoms with Crippen LogP contribution in [0.3, 0.4) is 0 Å². The normalized spacial score (nSPS) is 20.1. The first-order valence-electron chi connectivity index (χ1n) is 7.56. The number of rotatable bonds is 7. The predicted molar refractivity (Wildman–Crippen MR) is 85.6 cm³/mol. The number of benzene rings is 1. The molecule has 1 heterocycles. The molecule has 23 heavy (non-hydrogen) atoms. The van der Waals surface area contributed by atoms with Gasteiger partial charge in [-0.2, -0.15) is 0 Å². The van der Waals surface area contributed by atoms with Gasteiger partial charge in [0.05, 0.1) is 24.8 Å². The Labute approximate surface area is 135 Å². The minimum Gasteiger partial charge on any atom is -0.395 e. The number of allylic oxidation sites excluding steroid dienone is 1. The number of nitrogens with zero attached hydrogens (tertiary/aromatic N) is 1. The zero-order chi connectivity index (χ0) is 16.8. The lowest BCUT2D eigenvalue weighted by molar-refractivity contribution is -0.140. The molecule has 0 saturated carbocycles. The van der Waals surface area contributed by atoms with Crippen LogP contribution in [0, 0.1) is 0 Å². The summed E-state index contributed by atoms with van der Waals surface area (Å²) in [5.74, 6) is -1.02. The number of aliphatic hydroxyl groups is 1. The van der Waals surface area contributed by atoms with Crippen molar-refractivity contribution in [3.8, 4) is 0 Å². The van der Waals surface area contributed by atoms with Crippen LogP contribution in [0.25, 0.3) is 0 Å². The molecule has 1 saturated heterocycles. The van der Waals surface area contributed by atoms with Gasteiger partial charge in [-0.05, 0) is 12.5 Å². The lowest BCUT2D eigenvalue weighted by atomic mass is 9.97. The Morgan fingerprint density at radius 1 is 1.30 bits per heavy atom. The highest BCUT2D eigenvalue weighted by Gasteiger charge is 2.44. The molecule has 2 N–H and O–H groups in total. The van der Waals surface area contributed by atoms with Gasteiger partial charge in [0.1, 0.15) is 0 Å². The number of methoxy groups -OCH3 is 1. The van der Waals surface area contributed by atoms with Gasteiger partial charge in [0.25, 0.3) is 11.7 Å². The van der Waals surface area contributed by atoms with E-state index in [0.717, 1.165) is 5.56 Å². The zero-order valence-corrected chi connectivity index (χ0v) is 13.4. The van der Waals surface area contributed by atoms with Crippen molar-refractivity contribution in [2.75, 3.05) is 33.4 Å². The number of ether oxygens (including phenoxy) is 1. The topological polar surface area (TPSA) is 78.9 Å². The van der Waals surface area contributed by atoms with Crippen LogP contribution in [0.15, 0.2) is 41.6 Å². The number of likely N-dealkylation sites (tertiary alicyclic amines) is 1. The van der Waals surface area contributed by atoms with E-state index in [1.54, 1.807) is 18.9 Å². The molecule has 1 fully saturated rings. The van der Waals surface area contributed by atoms with E-state index < -0.39 is 17.7 Å². The fourth-order valence-electron chi connectivity index (χ4n) is 2.76. The van der Waals surface area contributed by atoms with Gasteiger partial charge in [0.15, 0.2) is 0 Å². The predicted octanol–water partition coefficient (Wildman–Crippen LogP) is 0.641. The highest BCUT2D eigenvalue weighted by Crippen LogP contribution is 2.36. The van der Waals surface area contributed by atoms with E-state index in [1.807, 2.05) is 30.3 Å². The van der Waals surface area contributed by atoms with Crippen molar-refractivity contribution >= 4 is 11.7 Å². The maximum Gasteiger partial charge on any atom is 0.295 e. The van der Waals surface area contributed by atoms with E-state index in [9.17, 15) is 9.59 Å². The largest absolute Gasteiger partial charge is 0.395 e. The summed E-state index contributed by atoms with van der Waals surface area (Å²) in [5, 5.41) is 12.0. The van der Waals surface area contributed by atoms with Gasteiger partial charge in [-0.15, -0.1) is 0 Å². The minimum atomic E-state index is -0.518. The molecular formula is C17H22N2O4. The molecule has 0 aliphatic carbocycles. The average molecular weight is 318 g/mol. The van der Waals surface area contributed by atoms with Crippen LogP contribution >= 0.6 is 0 Å². The van der Waals surface area contributed by atoms with Gasteiger partial charge in [0.2, 0.25) is 0 Å². The Bertz CT molecular complexity index is 598. The monoisotopic (exact) mass is 318 g/mol. The minimum absolute atomic E-state index is 0.0455. The molecule has 0 spiro atoms. The molecule has 6 heteroatoms. The summed E-state index contributed by atoms with van der Waals surface area (Å²) >= 11 is 0. The molecule has 0 aromatic heterocycles. The van der Waals surface area contributed by atoms with Gasteiger partial charge < -0.3 is 20.1 Å². The number of carbonyl (C=O) groups is 2. The van der Waals surface area contributed by atoms with E-state index in [1.165, 1.54) is 0 Å². The van der Waals surface area contributed by atoms with E-state index in [4.69, 9.17) is 9.84 Å². The van der Waals surface area contributed by atoms with Crippen molar-refractivity contribution in [2.24, 2.45) is 0 Å². The summed E-state index contributed by atoms with van der Waals surface area (Å²) in [5.41, 5.74) is 1.93. The van der Waals surface area contributed by atoms with Crippen molar-refractivity contribution in [2.45, 2.75) is 13.0 Å². The number of hydrogen-bond acceptors (Lipinski definition) is 5. The lowest BCUT2D eigenvalue weighted by Crippen LogP contribution is -2.32. The van der Waals surface area contributed by atoms with E-state index in [2.05, 4.69) is 5.32 Å². The highest BCUT2D eigenvalue weighted by molar-refractivity contribution is 6.45. The molecule has 1 aliphatic rings. The Balaban J connectivity index is 2.45. The number of Topliss-reactive ketones (excluding diaryl/α,β-unsaturated/α-hetero) is 1. The van der Waals surface area contributed by atoms with Crippen LogP contribution in [0.5, 0.6) is 0 Å². The SMILES string of the molecule is COCCN1C(=O)C(=O)/C(=C(/C)NCCO)[C@H]1c1ccccc1. The van der Waals surface area contributed by atoms with Crippen molar-refractivity contribution in [3.05, 3.63) is 47.2 Å². The van der Waals surface area contributed by atoms with E-state index >= 15 is 0 Å². The summed E-state index contributed by atoms with van der Waals surface area (Å²) in [6.45, 7) is 2.74. The van der Waals surface area contributed by atoms with Crippen LogP contribution in [0.1, 0.15) is 18.5 Å². The number of nitrogens with one attached hydrogen (secondary N) is 1. The Hall–Kier alpha value is -2.18.